The van der Waals surface area contributed by atoms with Crippen LogP contribution in [0.1, 0.15) is 0 Å². The number of hydrogen-bond donors (Lipinski definition) is 1. The van der Waals surface area contributed by atoms with Gasteiger partial charge in [-0.1, -0.05) is 45.3 Å². The summed E-state index contributed by atoms with van der Waals surface area (Å²) in [7, 11) is -6.47. The number of methoxy groups -OCH3 is 1. The number of fused-ring (bicyclic) bond motifs is 1. The second kappa shape index (κ2) is 15.4. The maximum atomic E-state index is 16.8. The largest absolute Gasteiger partial charge is 0.480 e. The Bertz CT molecular complexity index is 2190. The standard InChI is InChI=1S/C33H41F4N7O5SSi2/c1-47-33-25(16-21(34)17-40-33)50(45,46)42-31-28(37)26(24(35)18-39-31)22-8-9-23-29(32-38-10-11-43(32)19-48-12-14-51(2,3)4)41-44(30(23)27(22)36)20-49-13-15-52(5,6)7/h8-11,16-18H,12-15,19-20H2,1-7H3,(H,39,42). The molecule has 0 atom stereocenters. The summed E-state index contributed by atoms with van der Waals surface area (Å²) in [4.78, 5) is 10.8. The highest BCUT2D eigenvalue weighted by atomic mass is 32.2. The lowest BCUT2D eigenvalue weighted by molar-refractivity contribution is 0.0812. The van der Waals surface area contributed by atoms with E-state index in [0.717, 1.165) is 31.5 Å². The molecule has 4 aromatic heterocycles. The Kier molecular flexibility index (Phi) is 11.6. The lowest BCUT2D eigenvalue weighted by Gasteiger charge is -2.16. The number of halogens is 4. The van der Waals surface area contributed by atoms with Crippen molar-refractivity contribution in [3.05, 3.63) is 66.3 Å². The molecule has 52 heavy (non-hydrogen) atoms. The van der Waals surface area contributed by atoms with Gasteiger partial charge in [-0.15, -0.1) is 0 Å². The van der Waals surface area contributed by atoms with Gasteiger partial charge in [0.2, 0.25) is 5.88 Å². The lowest BCUT2D eigenvalue weighted by atomic mass is 10.0. The van der Waals surface area contributed by atoms with Crippen LogP contribution in [0.25, 0.3) is 33.5 Å². The zero-order valence-corrected chi connectivity index (χ0v) is 32.7. The SMILES string of the molecule is COc1ncc(F)cc1S(=O)(=O)Nc1ncc(F)c(-c2ccc3c(-c4nccn4COCC[Si](C)(C)C)nn(COCC[Si](C)(C)C)c3c2F)c1F. The number of nitrogens with one attached hydrogen (secondary N) is 1. The molecule has 0 fully saturated rings. The smallest absolute Gasteiger partial charge is 0.268 e. The van der Waals surface area contributed by atoms with Crippen LogP contribution < -0.4 is 9.46 Å². The summed E-state index contributed by atoms with van der Waals surface area (Å²) in [5.74, 6) is -5.93. The van der Waals surface area contributed by atoms with E-state index in [9.17, 15) is 12.8 Å². The van der Waals surface area contributed by atoms with Crippen LogP contribution in [0.3, 0.4) is 0 Å². The molecule has 0 amide bonds. The number of benzene rings is 1. The average Bonchev–Trinajstić information content (AvgIpc) is 3.67. The first-order valence-corrected chi connectivity index (χ1v) is 25.2. The van der Waals surface area contributed by atoms with Crippen molar-refractivity contribution >= 4 is 42.9 Å². The van der Waals surface area contributed by atoms with E-state index in [1.165, 1.54) is 10.7 Å². The maximum Gasteiger partial charge on any atom is 0.268 e. The highest BCUT2D eigenvalue weighted by Crippen LogP contribution is 2.38. The maximum absolute atomic E-state index is 16.8. The number of hydrogen-bond acceptors (Lipinski definition) is 9. The molecule has 0 unspecified atom stereocenters. The first kappa shape index (κ1) is 39.0. The van der Waals surface area contributed by atoms with E-state index in [0.29, 0.717) is 31.3 Å². The number of imidazole rings is 1. The molecule has 1 aromatic carbocycles. The van der Waals surface area contributed by atoms with Crippen LogP contribution in [0.4, 0.5) is 23.4 Å². The number of nitrogens with zero attached hydrogens (tertiary/aromatic N) is 6. The summed E-state index contributed by atoms with van der Waals surface area (Å²) in [6.45, 7) is 14.2. The van der Waals surface area contributed by atoms with Crippen molar-refractivity contribution in [3.63, 3.8) is 0 Å². The van der Waals surface area contributed by atoms with Gasteiger partial charge in [0, 0.05) is 58.8 Å². The van der Waals surface area contributed by atoms with E-state index in [1.54, 1.807) is 17.0 Å². The van der Waals surface area contributed by atoms with E-state index in [4.69, 9.17) is 14.2 Å². The number of anilines is 1. The fraction of sp³-hybridized carbons (Fsp3) is 0.394. The topological polar surface area (TPSA) is 135 Å². The van der Waals surface area contributed by atoms with Gasteiger partial charge >= 0.3 is 0 Å². The lowest BCUT2D eigenvalue weighted by Crippen LogP contribution is -2.22. The molecule has 0 aliphatic heterocycles. The first-order valence-electron chi connectivity index (χ1n) is 16.3. The predicted molar refractivity (Wildman–Crippen MR) is 194 cm³/mol. The van der Waals surface area contributed by atoms with Crippen LogP contribution >= 0.6 is 0 Å². The van der Waals surface area contributed by atoms with Gasteiger partial charge in [-0.25, -0.2) is 45.6 Å². The van der Waals surface area contributed by atoms with Crippen molar-refractivity contribution in [3.8, 4) is 28.5 Å². The minimum Gasteiger partial charge on any atom is -0.480 e. The molecule has 12 nitrogen and oxygen atoms in total. The third-order valence-corrected chi connectivity index (χ3v) is 12.7. The third-order valence-electron chi connectivity index (χ3n) is 7.96. The van der Waals surface area contributed by atoms with E-state index in [-0.39, 0.29) is 30.1 Å². The molecule has 280 valence electrons. The van der Waals surface area contributed by atoms with Crippen LogP contribution in [0, 0.1) is 23.3 Å². The quantitative estimate of drug-likeness (QED) is 0.0620. The van der Waals surface area contributed by atoms with Gasteiger partial charge in [0.1, 0.15) is 30.5 Å². The van der Waals surface area contributed by atoms with Crippen molar-refractivity contribution in [1.82, 2.24) is 29.3 Å². The van der Waals surface area contributed by atoms with Gasteiger partial charge in [0.25, 0.3) is 10.0 Å². The van der Waals surface area contributed by atoms with Crippen LogP contribution in [-0.2, 0) is 33.0 Å². The van der Waals surface area contributed by atoms with Crippen LogP contribution in [0.5, 0.6) is 5.88 Å². The fourth-order valence-corrected chi connectivity index (χ4v) is 7.76. The fourth-order valence-electron chi connectivity index (χ4n) is 5.11. The Morgan fingerprint density at radius 2 is 1.54 bits per heavy atom. The molecule has 5 rings (SSSR count). The Hall–Kier alpha value is -4.18. The summed E-state index contributed by atoms with van der Waals surface area (Å²) in [5, 5.41) is 4.93. The summed E-state index contributed by atoms with van der Waals surface area (Å²) >= 11 is 0. The zero-order valence-electron chi connectivity index (χ0n) is 29.9. The number of rotatable bonds is 16. The number of aromatic nitrogens is 6. The molecule has 0 spiro atoms. The molecule has 0 radical (unpaired) electrons. The van der Waals surface area contributed by atoms with Crippen molar-refractivity contribution in [2.45, 2.75) is 69.7 Å². The van der Waals surface area contributed by atoms with Crippen molar-refractivity contribution < 1.29 is 40.2 Å². The highest BCUT2D eigenvalue weighted by Gasteiger charge is 2.29. The summed E-state index contributed by atoms with van der Waals surface area (Å²) < 4.78 is 110. The predicted octanol–water partition coefficient (Wildman–Crippen LogP) is 7.35. The molecule has 0 aliphatic rings. The van der Waals surface area contributed by atoms with Crippen LogP contribution in [-0.4, -0.2) is 74.2 Å². The van der Waals surface area contributed by atoms with Gasteiger partial charge in [0.15, 0.2) is 34.0 Å². The molecule has 19 heteroatoms. The number of ether oxygens (including phenoxy) is 3. The van der Waals surface area contributed by atoms with Gasteiger partial charge in [-0.3, -0.25) is 4.72 Å². The monoisotopic (exact) mass is 779 g/mol. The molecular weight excluding hydrogens is 739 g/mol. The van der Waals surface area contributed by atoms with Crippen molar-refractivity contribution in [2.75, 3.05) is 25.0 Å². The number of pyridine rings is 2. The van der Waals surface area contributed by atoms with Crippen molar-refractivity contribution in [2.24, 2.45) is 0 Å². The Balaban J connectivity index is 1.57. The van der Waals surface area contributed by atoms with Gasteiger partial charge in [-0.2, -0.15) is 5.10 Å². The molecule has 1 N–H and O–H groups in total. The van der Waals surface area contributed by atoms with E-state index < -0.39 is 77.2 Å². The van der Waals surface area contributed by atoms with E-state index >= 15 is 13.2 Å². The van der Waals surface area contributed by atoms with E-state index in [1.807, 2.05) is 4.72 Å². The minimum absolute atomic E-state index is 0.122. The van der Waals surface area contributed by atoms with E-state index in [2.05, 4.69) is 59.3 Å². The molecule has 0 saturated heterocycles. The summed E-state index contributed by atoms with van der Waals surface area (Å²) in [6.07, 6.45) is 4.55. The van der Waals surface area contributed by atoms with Crippen LogP contribution in [0.2, 0.25) is 51.4 Å². The Morgan fingerprint density at radius 3 is 2.19 bits per heavy atom. The van der Waals surface area contributed by atoms with Gasteiger partial charge in [-0.05, 0) is 18.2 Å². The molecule has 4 heterocycles. The van der Waals surface area contributed by atoms with Gasteiger partial charge in [0.05, 0.1) is 25.1 Å². The second-order valence-corrected chi connectivity index (χ2v) is 27.4. The molecule has 0 aliphatic carbocycles. The molecular formula is C33H41F4N7O5SSi2. The Labute approximate surface area is 301 Å². The van der Waals surface area contributed by atoms with Gasteiger partial charge < -0.3 is 18.8 Å². The first-order chi connectivity index (χ1) is 24.4. The van der Waals surface area contributed by atoms with Crippen LogP contribution in [0.15, 0.2) is 47.9 Å². The Morgan fingerprint density at radius 1 is 0.865 bits per heavy atom. The normalized spacial score (nSPS) is 12.5. The zero-order chi connectivity index (χ0) is 38.0. The molecule has 5 aromatic rings. The average molecular weight is 780 g/mol. The number of sulfonamides is 1. The third kappa shape index (κ3) is 8.88. The molecule has 0 saturated carbocycles. The summed E-state index contributed by atoms with van der Waals surface area (Å²) in [5.41, 5.74) is -1.27. The minimum atomic E-state index is -4.77. The molecule has 0 bridgehead atoms. The second-order valence-electron chi connectivity index (χ2n) is 14.5. The highest BCUT2D eigenvalue weighted by molar-refractivity contribution is 7.92. The summed E-state index contributed by atoms with van der Waals surface area (Å²) in [6, 6.07) is 5.01. The van der Waals surface area contributed by atoms with Crippen molar-refractivity contribution in [1.29, 1.82) is 0 Å².